The van der Waals surface area contributed by atoms with Gasteiger partial charge in [0.25, 0.3) is 11.5 Å². The van der Waals surface area contributed by atoms with Crippen LogP contribution in [0.4, 0.5) is 0 Å². The number of carbonyl (C=O) groups is 1. The molecule has 0 unspecified atom stereocenters. The van der Waals surface area contributed by atoms with Gasteiger partial charge < -0.3 is 24.6 Å². The van der Waals surface area contributed by atoms with Crippen LogP contribution in [0.5, 0.6) is 17.2 Å². The van der Waals surface area contributed by atoms with Crippen molar-refractivity contribution in [3.8, 4) is 22.9 Å². The number of halogens is 1. The van der Waals surface area contributed by atoms with Crippen LogP contribution < -0.4 is 26.0 Å². The van der Waals surface area contributed by atoms with Crippen molar-refractivity contribution < 1.29 is 24.1 Å². The van der Waals surface area contributed by atoms with Gasteiger partial charge in [0.05, 0.1) is 37.1 Å². The van der Waals surface area contributed by atoms with Gasteiger partial charge in [-0.1, -0.05) is 0 Å². The molecule has 0 aliphatic rings. The van der Waals surface area contributed by atoms with Crippen LogP contribution in [0.1, 0.15) is 21.6 Å². The molecular weight excluding hydrogens is 524 g/mol. The summed E-state index contributed by atoms with van der Waals surface area (Å²) >= 11 is 3.43. The predicted molar refractivity (Wildman–Crippen MR) is 131 cm³/mol. The summed E-state index contributed by atoms with van der Waals surface area (Å²) in [6.07, 6.45) is 0. The van der Waals surface area contributed by atoms with E-state index in [2.05, 4.69) is 31.3 Å². The Morgan fingerprint density at radius 3 is 2.51 bits per heavy atom. The topological polar surface area (TPSA) is 145 Å². The number of aliphatic hydroxyl groups excluding tert-OH is 1. The minimum Gasteiger partial charge on any atom is -0.496 e. The number of amides is 1. The van der Waals surface area contributed by atoms with Crippen LogP contribution >= 0.6 is 15.9 Å². The van der Waals surface area contributed by atoms with Gasteiger partial charge in [-0.15, -0.1) is 0 Å². The summed E-state index contributed by atoms with van der Waals surface area (Å²) in [5.41, 5.74) is -0.393. The molecule has 186 valence electrons. The third-order valence-corrected chi connectivity index (χ3v) is 5.46. The number of methoxy groups -OCH3 is 1. The first-order chi connectivity index (χ1) is 16.7. The summed E-state index contributed by atoms with van der Waals surface area (Å²) in [5.74, 6) is 1.08. The van der Waals surface area contributed by atoms with Crippen molar-refractivity contribution in [3.05, 3.63) is 72.5 Å². The van der Waals surface area contributed by atoms with E-state index < -0.39 is 22.9 Å². The number of nitrogens with one attached hydrogen (secondary N) is 2. The summed E-state index contributed by atoms with van der Waals surface area (Å²) in [5, 5.41) is 15.2. The first-order valence-corrected chi connectivity index (χ1v) is 11.4. The molecule has 0 saturated carbocycles. The summed E-state index contributed by atoms with van der Waals surface area (Å²) < 4.78 is 18.0. The molecule has 0 spiro atoms. The zero-order valence-electron chi connectivity index (χ0n) is 19.4. The van der Waals surface area contributed by atoms with Gasteiger partial charge in [0.15, 0.2) is 0 Å². The molecule has 2 aromatic carbocycles. The minimum atomic E-state index is -0.904. The lowest BCUT2D eigenvalue weighted by Gasteiger charge is -2.15. The Morgan fingerprint density at radius 2 is 1.89 bits per heavy atom. The van der Waals surface area contributed by atoms with Crippen molar-refractivity contribution >= 4 is 21.8 Å². The second-order valence-electron chi connectivity index (χ2n) is 7.42. The van der Waals surface area contributed by atoms with Crippen LogP contribution in [0.2, 0.25) is 0 Å². The molecule has 0 aliphatic carbocycles. The molecule has 11 nitrogen and oxygen atoms in total. The normalized spacial score (nSPS) is 10.8. The van der Waals surface area contributed by atoms with E-state index in [9.17, 15) is 14.4 Å². The molecule has 35 heavy (non-hydrogen) atoms. The van der Waals surface area contributed by atoms with Gasteiger partial charge in [0.1, 0.15) is 17.2 Å². The first kappa shape index (κ1) is 26.1. The number of nitrogens with zero attached hydrogens (tertiary/aromatic N) is 2. The number of aromatic amines is 1. The van der Waals surface area contributed by atoms with Crippen molar-refractivity contribution in [1.82, 2.24) is 20.1 Å². The Morgan fingerprint density at radius 1 is 1.17 bits per heavy atom. The molecule has 12 heteroatoms. The monoisotopic (exact) mass is 548 g/mol. The van der Waals surface area contributed by atoms with E-state index in [1.54, 1.807) is 51.3 Å². The highest BCUT2D eigenvalue weighted by molar-refractivity contribution is 9.10. The van der Waals surface area contributed by atoms with E-state index in [1.165, 1.54) is 0 Å². The number of benzene rings is 2. The molecule has 0 aliphatic heterocycles. The molecule has 0 fully saturated rings. The Labute approximate surface area is 208 Å². The Bertz CT molecular complexity index is 1310. The third kappa shape index (κ3) is 6.35. The maximum Gasteiger partial charge on any atom is 0.349 e. The van der Waals surface area contributed by atoms with E-state index in [0.29, 0.717) is 34.1 Å². The number of ether oxygens (including phenoxy) is 3. The van der Waals surface area contributed by atoms with Crippen LogP contribution in [0, 0.1) is 13.8 Å². The lowest BCUT2D eigenvalue weighted by atomic mass is 10.1. The van der Waals surface area contributed by atoms with E-state index in [4.69, 9.17) is 19.3 Å². The molecule has 0 bridgehead atoms. The number of rotatable bonds is 10. The quantitative estimate of drug-likeness (QED) is 0.325. The first-order valence-electron chi connectivity index (χ1n) is 10.6. The highest BCUT2D eigenvalue weighted by Gasteiger charge is 2.17. The van der Waals surface area contributed by atoms with Gasteiger partial charge in [0.2, 0.25) is 5.69 Å². The molecule has 0 saturated heterocycles. The van der Waals surface area contributed by atoms with Crippen LogP contribution in [0.15, 0.2) is 44.4 Å². The molecule has 1 heterocycles. The summed E-state index contributed by atoms with van der Waals surface area (Å²) in [6, 6.07) is 8.65. The standard InChI is InChI=1S/C23H25BrN4O7/c1-13-10-15(11-14(2)20(13)35-16-4-5-18(33-3)17(24)12-16)28-23(32)26-22(31)19(27-28)21(30)25-6-8-34-9-7-29/h4-5,10-12,29H,6-9H2,1-3H3,(H,25,30)(H,26,31,32). The van der Waals surface area contributed by atoms with Gasteiger partial charge in [-0.2, -0.15) is 9.78 Å². The molecule has 3 N–H and O–H groups in total. The number of aryl methyl sites for hydroxylation is 2. The zero-order chi connectivity index (χ0) is 25.5. The Kier molecular flexibility index (Phi) is 8.79. The molecule has 3 rings (SSSR count). The smallest absolute Gasteiger partial charge is 0.349 e. The van der Waals surface area contributed by atoms with Gasteiger partial charge in [-0.25, -0.2) is 4.79 Å². The van der Waals surface area contributed by atoms with Gasteiger partial charge in [0, 0.05) is 6.54 Å². The van der Waals surface area contributed by atoms with E-state index >= 15 is 0 Å². The number of hydrogen-bond donors (Lipinski definition) is 3. The summed E-state index contributed by atoms with van der Waals surface area (Å²) in [7, 11) is 1.57. The summed E-state index contributed by atoms with van der Waals surface area (Å²) in [4.78, 5) is 39.2. The highest BCUT2D eigenvalue weighted by Crippen LogP contribution is 2.34. The predicted octanol–water partition coefficient (Wildman–Crippen LogP) is 1.84. The number of aromatic nitrogens is 3. The Hall–Kier alpha value is -3.48. The zero-order valence-corrected chi connectivity index (χ0v) is 21.0. The van der Waals surface area contributed by atoms with Crippen LogP contribution in [0.25, 0.3) is 5.69 Å². The van der Waals surface area contributed by atoms with Crippen molar-refractivity contribution in [1.29, 1.82) is 0 Å². The van der Waals surface area contributed by atoms with Crippen molar-refractivity contribution in [2.75, 3.05) is 33.5 Å². The molecule has 0 atom stereocenters. The van der Waals surface area contributed by atoms with Crippen molar-refractivity contribution in [3.63, 3.8) is 0 Å². The molecule has 1 amide bonds. The minimum absolute atomic E-state index is 0.102. The van der Waals surface area contributed by atoms with Gasteiger partial charge in [-0.3, -0.25) is 14.6 Å². The fourth-order valence-corrected chi connectivity index (χ4v) is 3.77. The highest BCUT2D eigenvalue weighted by atomic mass is 79.9. The fourth-order valence-electron chi connectivity index (χ4n) is 3.25. The van der Waals surface area contributed by atoms with E-state index in [0.717, 1.165) is 9.15 Å². The number of carbonyl (C=O) groups excluding carboxylic acids is 1. The van der Waals surface area contributed by atoms with Gasteiger partial charge in [-0.05, 0) is 71.2 Å². The second-order valence-corrected chi connectivity index (χ2v) is 8.27. The lowest BCUT2D eigenvalue weighted by Crippen LogP contribution is -2.40. The maximum atomic E-state index is 12.5. The maximum absolute atomic E-state index is 12.5. The average molecular weight is 549 g/mol. The summed E-state index contributed by atoms with van der Waals surface area (Å²) in [6.45, 7) is 3.86. The number of hydrogen-bond acceptors (Lipinski definition) is 8. The van der Waals surface area contributed by atoms with E-state index in [-0.39, 0.29) is 26.4 Å². The second kappa shape index (κ2) is 11.8. The van der Waals surface area contributed by atoms with Crippen LogP contribution in [0.3, 0.4) is 0 Å². The SMILES string of the molecule is COc1ccc(Oc2c(C)cc(-n3nc(C(=O)NCCOCCO)c(=O)[nH]c3=O)cc2C)cc1Br. The number of H-pyrrole nitrogens is 1. The molecular formula is C23H25BrN4O7. The molecule has 0 radical (unpaired) electrons. The molecule has 3 aromatic rings. The average Bonchev–Trinajstić information content (AvgIpc) is 2.81. The Balaban J connectivity index is 1.87. The van der Waals surface area contributed by atoms with Gasteiger partial charge >= 0.3 is 5.69 Å². The van der Waals surface area contributed by atoms with Crippen molar-refractivity contribution in [2.24, 2.45) is 0 Å². The lowest BCUT2D eigenvalue weighted by molar-refractivity contribution is 0.0833. The third-order valence-electron chi connectivity index (χ3n) is 4.84. The van der Waals surface area contributed by atoms with E-state index in [1.807, 2.05) is 0 Å². The molecule has 1 aromatic heterocycles. The van der Waals surface area contributed by atoms with Crippen LogP contribution in [-0.4, -0.2) is 59.3 Å². The fraction of sp³-hybridized carbons (Fsp3) is 0.304. The largest absolute Gasteiger partial charge is 0.496 e. The van der Waals surface area contributed by atoms with Crippen LogP contribution in [-0.2, 0) is 4.74 Å². The van der Waals surface area contributed by atoms with Crippen molar-refractivity contribution in [2.45, 2.75) is 13.8 Å². The number of aliphatic hydroxyl groups is 1.